The van der Waals surface area contributed by atoms with Gasteiger partial charge < -0.3 is 9.72 Å². The van der Waals surface area contributed by atoms with Crippen molar-refractivity contribution in [3.05, 3.63) is 122 Å². The summed E-state index contributed by atoms with van der Waals surface area (Å²) in [4.78, 5) is 29.1. The third-order valence-corrected chi connectivity index (χ3v) is 7.06. The number of rotatable bonds is 6. The molecule has 0 unspecified atom stereocenters. The molecular formula is C30H20BrCl2N3O3. The number of aryl methyl sites for hydroxylation is 1. The fourth-order valence-electron chi connectivity index (χ4n) is 4.08. The van der Waals surface area contributed by atoms with Crippen LogP contribution in [0.5, 0.6) is 5.75 Å². The van der Waals surface area contributed by atoms with Crippen LogP contribution in [0.2, 0.25) is 10.0 Å². The standard InChI is InChI=1S/C30H20BrCl2N3O3/c1-17-10-12-18(13-11-17)30(38)39-25-9-5-2-6-19(25)16-34-36-29(37)28-26(21-7-3-4-8-23(21)32)22-14-20(31)15-24(33)27(22)35-28/h2-16,35H,1H3,(H,36,37). The van der Waals surface area contributed by atoms with E-state index >= 15 is 0 Å². The second-order valence-corrected chi connectivity index (χ2v) is 10.4. The Kier molecular flexibility index (Phi) is 7.84. The molecule has 9 heteroatoms. The largest absolute Gasteiger partial charge is 0.422 e. The predicted octanol–water partition coefficient (Wildman–Crippen LogP) is 8.20. The van der Waals surface area contributed by atoms with Gasteiger partial charge in [0, 0.05) is 31.6 Å². The molecule has 39 heavy (non-hydrogen) atoms. The number of esters is 1. The number of aromatic amines is 1. The van der Waals surface area contributed by atoms with Gasteiger partial charge in [-0.15, -0.1) is 0 Å². The molecule has 0 bridgehead atoms. The Balaban J connectivity index is 1.43. The van der Waals surface area contributed by atoms with Gasteiger partial charge in [0.05, 0.1) is 22.3 Å². The number of hydrogen-bond acceptors (Lipinski definition) is 4. The summed E-state index contributed by atoms with van der Waals surface area (Å²) in [6.07, 6.45) is 1.41. The number of nitrogens with one attached hydrogen (secondary N) is 2. The molecule has 2 N–H and O–H groups in total. The van der Waals surface area contributed by atoms with Gasteiger partial charge in [0.2, 0.25) is 0 Å². The third kappa shape index (κ3) is 5.76. The highest BCUT2D eigenvalue weighted by molar-refractivity contribution is 9.10. The molecule has 0 saturated heterocycles. The molecule has 0 aliphatic heterocycles. The number of carbonyl (C=O) groups excluding carboxylic acids is 2. The number of ether oxygens (including phenoxy) is 1. The molecule has 1 heterocycles. The highest BCUT2D eigenvalue weighted by Gasteiger charge is 2.22. The van der Waals surface area contributed by atoms with Crippen LogP contribution < -0.4 is 10.2 Å². The first-order valence-corrected chi connectivity index (χ1v) is 13.3. The first-order valence-electron chi connectivity index (χ1n) is 11.8. The number of H-pyrrole nitrogens is 1. The van der Waals surface area contributed by atoms with Gasteiger partial charge in [-0.25, -0.2) is 10.2 Å². The van der Waals surface area contributed by atoms with Crippen LogP contribution in [0.3, 0.4) is 0 Å². The molecule has 194 valence electrons. The number of para-hydroxylation sites is 1. The van der Waals surface area contributed by atoms with Gasteiger partial charge in [-0.2, -0.15) is 5.10 Å². The molecule has 0 aliphatic rings. The molecule has 0 spiro atoms. The van der Waals surface area contributed by atoms with Crippen molar-refractivity contribution in [3.8, 4) is 16.9 Å². The van der Waals surface area contributed by atoms with Gasteiger partial charge >= 0.3 is 5.97 Å². The van der Waals surface area contributed by atoms with Gasteiger partial charge in [0.25, 0.3) is 5.91 Å². The van der Waals surface area contributed by atoms with Crippen LogP contribution in [0, 0.1) is 6.92 Å². The van der Waals surface area contributed by atoms with Crippen molar-refractivity contribution >= 4 is 68.1 Å². The molecule has 5 aromatic rings. The van der Waals surface area contributed by atoms with E-state index < -0.39 is 11.9 Å². The molecule has 0 atom stereocenters. The van der Waals surface area contributed by atoms with Crippen LogP contribution in [0.25, 0.3) is 22.0 Å². The number of carbonyl (C=O) groups is 2. The lowest BCUT2D eigenvalue weighted by atomic mass is 10.0. The summed E-state index contributed by atoms with van der Waals surface area (Å²) in [5, 5.41) is 5.78. The lowest BCUT2D eigenvalue weighted by Gasteiger charge is -2.08. The average molecular weight is 621 g/mol. The lowest BCUT2D eigenvalue weighted by molar-refractivity contribution is 0.0734. The molecule has 6 nitrogen and oxygen atoms in total. The quantitative estimate of drug-likeness (QED) is 0.0868. The summed E-state index contributed by atoms with van der Waals surface area (Å²) in [6, 6.07) is 24.8. The number of fused-ring (bicyclic) bond motifs is 1. The Hall–Kier alpha value is -3.91. The second-order valence-electron chi connectivity index (χ2n) is 8.66. The zero-order chi connectivity index (χ0) is 27.5. The smallest absolute Gasteiger partial charge is 0.343 e. The van der Waals surface area contributed by atoms with Crippen molar-refractivity contribution < 1.29 is 14.3 Å². The molecule has 0 radical (unpaired) electrons. The number of halogens is 3. The van der Waals surface area contributed by atoms with E-state index in [0.717, 1.165) is 15.4 Å². The zero-order valence-electron chi connectivity index (χ0n) is 20.5. The van der Waals surface area contributed by atoms with Crippen molar-refractivity contribution in [1.29, 1.82) is 0 Å². The Morgan fingerprint density at radius 3 is 2.44 bits per heavy atom. The van der Waals surface area contributed by atoms with Gasteiger partial charge in [0.1, 0.15) is 11.4 Å². The molecule has 1 amide bonds. The molecule has 0 aliphatic carbocycles. The highest BCUT2D eigenvalue weighted by atomic mass is 79.9. The maximum absolute atomic E-state index is 13.3. The van der Waals surface area contributed by atoms with Crippen LogP contribution in [0.15, 0.2) is 94.5 Å². The maximum atomic E-state index is 13.3. The van der Waals surface area contributed by atoms with Crippen molar-refractivity contribution in [2.45, 2.75) is 6.92 Å². The number of benzene rings is 4. The number of hydrazone groups is 1. The van der Waals surface area contributed by atoms with Crippen molar-refractivity contribution in [2.24, 2.45) is 5.10 Å². The number of aromatic nitrogens is 1. The van der Waals surface area contributed by atoms with Crippen LogP contribution >= 0.6 is 39.1 Å². The van der Waals surface area contributed by atoms with E-state index in [-0.39, 0.29) is 5.69 Å². The van der Waals surface area contributed by atoms with E-state index in [1.165, 1.54) is 6.21 Å². The van der Waals surface area contributed by atoms with Crippen LogP contribution in [0.4, 0.5) is 0 Å². The fraction of sp³-hybridized carbons (Fsp3) is 0.0333. The van der Waals surface area contributed by atoms with E-state index in [1.807, 2.05) is 43.3 Å². The van der Waals surface area contributed by atoms with Crippen molar-refractivity contribution in [1.82, 2.24) is 10.4 Å². The highest BCUT2D eigenvalue weighted by Crippen LogP contribution is 2.40. The normalized spacial score (nSPS) is 11.2. The summed E-state index contributed by atoms with van der Waals surface area (Å²) in [5.74, 6) is -0.691. The summed E-state index contributed by atoms with van der Waals surface area (Å²) in [7, 11) is 0. The third-order valence-electron chi connectivity index (χ3n) is 5.97. The average Bonchev–Trinajstić information content (AvgIpc) is 3.30. The Morgan fingerprint density at radius 2 is 1.67 bits per heavy atom. The fourth-order valence-corrected chi connectivity index (χ4v) is 5.17. The first-order chi connectivity index (χ1) is 18.8. The van der Waals surface area contributed by atoms with Crippen LogP contribution in [-0.4, -0.2) is 23.1 Å². The van der Waals surface area contributed by atoms with Crippen LogP contribution in [-0.2, 0) is 0 Å². The molecule has 0 saturated carbocycles. The SMILES string of the molecule is Cc1ccc(C(=O)Oc2ccccc2C=NNC(=O)c2[nH]c3c(Cl)cc(Br)cc3c2-c2ccccc2Cl)cc1. The van der Waals surface area contributed by atoms with E-state index in [0.29, 0.717) is 43.6 Å². The van der Waals surface area contributed by atoms with E-state index in [2.05, 4.69) is 31.4 Å². The Morgan fingerprint density at radius 1 is 0.949 bits per heavy atom. The zero-order valence-corrected chi connectivity index (χ0v) is 23.6. The second kappa shape index (κ2) is 11.5. The van der Waals surface area contributed by atoms with E-state index in [9.17, 15) is 9.59 Å². The lowest BCUT2D eigenvalue weighted by Crippen LogP contribution is -2.19. The van der Waals surface area contributed by atoms with Gasteiger partial charge in [-0.1, -0.05) is 87.2 Å². The molecule has 5 rings (SSSR count). The molecule has 0 fully saturated rings. The van der Waals surface area contributed by atoms with Gasteiger partial charge in [0.15, 0.2) is 0 Å². The Labute approximate surface area is 242 Å². The molecular weight excluding hydrogens is 601 g/mol. The first kappa shape index (κ1) is 26.7. The summed E-state index contributed by atoms with van der Waals surface area (Å²) >= 11 is 16.5. The van der Waals surface area contributed by atoms with E-state index in [1.54, 1.807) is 48.5 Å². The molecule has 1 aromatic heterocycles. The van der Waals surface area contributed by atoms with Gasteiger partial charge in [-0.05, 0) is 49.4 Å². The monoisotopic (exact) mass is 619 g/mol. The number of nitrogens with zero attached hydrogens (tertiary/aromatic N) is 1. The van der Waals surface area contributed by atoms with Crippen molar-refractivity contribution in [3.63, 3.8) is 0 Å². The number of amides is 1. The minimum Gasteiger partial charge on any atom is -0.422 e. The van der Waals surface area contributed by atoms with Crippen LogP contribution in [0.1, 0.15) is 32.0 Å². The van der Waals surface area contributed by atoms with Gasteiger partial charge in [-0.3, -0.25) is 4.79 Å². The minimum absolute atomic E-state index is 0.245. The van der Waals surface area contributed by atoms with Crippen molar-refractivity contribution in [2.75, 3.05) is 0 Å². The maximum Gasteiger partial charge on any atom is 0.343 e. The summed E-state index contributed by atoms with van der Waals surface area (Å²) in [6.45, 7) is 1.94. The molecule has 4 aromatic carbocycles. The predicted molar refractivity (Wildman–Crippen MR) is 159 cm³/mol. The summed E-state index contributed by atoms with van der Waals surface area (Å²) < 4.78 is 6.34. The summed E-state index contributed by atoms with van der Waals surface area (Å²) in [5.41, 5.74) is 6.63. The topological polar surface area (TPSA) is 83.5 Å². The number of hydrogen-bond donors (Lipinski definition) is 2. The Bertz CT molecular complexity index is 1750. The minimum atomic E-state index is -0.501. The van der Waals surface area contributed by atoms with E-state index in [4.69, 9.17) is 27.9 Å².